The second-order valence-corrected chi connectivity index (χ2v) is 5.91. The van der Waals surface area contributed by atoms with E-state index in [1.165, 1.54) is 13.1 Å². The van der Waals surface area contributed by atoms with E-state index in [2.05, 4.69) is 35.3 Å². The van der Waals surface area contributed by atoms with Crippen molar-refractivity contribution in [2.24, 2.45) is 11.8 Å². The van der Waals surface area contributed by atoms with Gasteiger partial charge in [-0.3, -0.25) is 4.90 Å². The van der Waals surface area contributed by atoms with E-state index in [0.717, 1.165) is 43.3 Å². The summed E-state index contributed by atoms with van der Waals surface area (Å²) >= 11 is 0. The highest BCUT2D eigenvalue weighted by molar-refractivity contribution is 5.01. The predicted molar refractivity (Wildman–Crippen MR) is 71.3 cm³/mol. The van der Waals surface area contributed by atoms with Gasteiger partial charge < -0.3 is 14.6 Å². The van der Waals surface area contributed by atoms with E-state index in [1.54, 1.807) is 6.26 Å². The highest BCUT2D eigenvalue weighted by atomic mass is 16.3. The highest BCUT2D eigenvalue weighted by Gasteiger charge is 2.40. The largest absolute Gasteiger partial charge is 0.468 e. The number of rotatable bonds is 3. The summed E-state index contributed by atoms with van der Waals surface area (Å²) in [5, 5.41) is 3.57. The fourth-order valence-electron chi connectivity index (χ4n) is 3.76. The van der Waals surface area contributed by atoms with Gasteiger partial charge >= 0.3 is 0 Å². The zero-order valence-corrected chi connectivity index (χ0v) is 11.3. The molecule has 2 aliphatic heterocycles. The maximum absolute atomic E-state index is 5.46. The van der Waals surface area contributed by atoms with E-state index in [1.807, 2.05) is 6.07 Å². The Hall–Kier alpha value is -0.840. The smallest absolute Gasteiger partial charge is 0.117 e. The van der Waals surface area contributed by atoms with Crippen LogP contribution in [0.15, 0.2) is 22.8 Å². The van der Waals surface area contributed by atoms with Crippen LogP contribution in [0.5, 0.6) is 0 Å². The van der Waals surface area contributed by atoms with Gasteiger partial charge in [0.15, 0.2) is 0 Å². The molecule has 0 radical (unpaired) electrons. The second-order valence-electron chi connectivity index (χ2n) is 5.91. The van der Waals surface area contributed by atoms with Crippen LogP contribution in [0.4, 0.5) is 0 Å². The van der Waals surface area contributed by atoms with Crippen LogP contribution in [0, 0.1) is 11.8 Å². The molecule has 3 heterocycles. The SMILES string of the molecule is CN(C)C1C2CNCC1CN(Cc1ccco1)C2. The van der Waals surface area contributed by atoms with Crippen molar-refractivity contribution in [2.75, 3.05) is 40.3 Å². The minimum atomic E-state index is 0.735. The molecule has 100 valence electrons. The van der Waals surface area contributed by atoms with Gasteiger partial charge in [0, 0.05) is 32.2 Å². The molecule has 1 aromatic rings. The van der Waals surface area contributed by atoms with E-state index in [0.29, 0.717) is 0 Å². The molecule has 2 atom stereocenters. The van der Waals surface area contributed by atoms with Gasteiger partial charge in [-0.15, -0.1) is 0 Å². The first-order chi connectivity index (χ1) is 8.74. The van der Waals surface area contributed by atoms with Crippen LogP contribution >= 0.6 is 0 Å². The topological polar surface area (TPSA) is 31.6 Å². The molecule has 0 aromatic carbocycles. The second kappa shape index (κ2) is 5.03. The van der Waals surface area contributed by atoms with Crippen LogP contribution in [0.2, 0.25) is 0 Å². The van der Waals surface area contributed by atoms with E-state index < -0.39 is 0 Å². The summed E-state index contributed by atoms with van der Waals surface area (Å²) in [6.07, 6.45) is 1.77. The van der Waals surface area contributed by atoms with E-state index >= 15 is 0 Å². The van der Waals surface area contributed by atoms with Gasteiger partial charge in [-0.2, -0.15) is 0 Å². The van der Waals surface area contributed by atoms with Crippen molar-refractivity contribution in [1.29, 1.82) is 0 Å². The summed E-state index contributed by atoms with van der Waals surface area (Å²) in [5.74, 6) is 2.56. The zero-order chi connectivity index (χ0) is 12.5. The Kier molecular flexibility index (Phi) is 3.41. The minimum Gasteiger partial charge on any atom is -0.468 e. The van der Waals surface area contributed by atoms with Crippen molar-refractivity contribution < 1.29 is 4.42 Å². The lowest BCUT2D eigenvalue weighted by Gasteiger charge is -2.50. The van der Waals surface area contributed by atoms with Crippen molar-refractivity contribution in [2.45, 2.75) is 12.6 Å². The van der Waals surface area contributed by atoms with Gasteiger partial charge in [-0.05, 0) is 38.1 Å². The molecular weight excluding hydrogens is 226 g/mol. The number of likely N-dealkylation sites (tertiary alicyclic amines) is 1. The Bertz CT molecular complexity index is 362. The molecule has 2 unspecified atom stereocenters. The molecule has 0 aliphatic carbocycles. The van der Waals surface area contributed by atoms with E-state index in [4.69, 9.17) is 4.42 Å². The Morgan fingerprint density at radius 2 is 2.06 bits per heavy atom. The molecule has 4 heteroatoms. The first-order valence-electron chi connectivity index (χ1n) is 6.86. The average Bonchev–Trinajstić information content (AvgIpc) is 2.80. The molecule has 0 saturated carbocycles. The minimum absolute atomic E-state index is 0.735. The third kappa shape index (κ3) is 2.32. The molecule has 2 aliphatic rings. The molecule has 1 aromatic heterocycles. The van der Waals surface area contributed by atoms with Gasteiger partial charge in [0.2, 0.25) is 0 Å². The number of hydrogen-bond donors (Lipinski definition) is 1. The normalized spacial score (nSPS) is 32.9. The van der Waals surface area contributed by atoms with Gasteiger partial charge in [-0.25, -0.2) is 0 Å². The lowest BCUT2D eigenvalue weighted by atomic mass is 9.79. The lowest BCUT2D eigenvalue weighted by Crippen LogP contribution is -2.62. The molecule has 18 heavy (non-hydrogen) atoms. The first kappa shape index (κ1) is 12.2. The van der Waals surface area contributed by atoms with E-state index in [-0.39, 0.29) is 0 Å². The lowest BCUT2D eigenvalue weighted by molar-refractivity contribution is 0.00559. The van der Waals surface area contributed by atoms with Crippen molar-refractivity contribution >= 4 is 0 Å². The Balaban J connectivity index is 1.68. The van der Waals surface area contributed by atoms with Crippen molar-refractivity contribution in [3.8, 4) is 0 Å². The molecule has 4 nitrogen and oxygen atoms in total. The van der Waals surface area contributed by atoms with Crippen LogP contribution in [0.25, 0.3) is 0 Å². The molecule has 2 saturated heterocycles. The summed E-state index contributed by atoms with van der Waals surface area (Å²) < 4.78 is 5.46. The van der Waals surface area contributed by atoms with Crippen molar-refractivity contribution in [1.82, 2.24) is 15.1 Å². The summed E-state index contributed by atoms with van der Waals surface area (Å²) in [6, 6.07) is 4.79. The maximum Gasteiger partial charge on any atom is 0.117 e. The van der Waals surface area contributed by atoms with Gasteiger partial charge in [0.1, 0.15) is 5.76 Å². The van der Waals surface area contributed by atoms with E-state index in [9.17, 15) is 0 Å². The Morgan fingerprint density at radius 3 is 2.61 bits per heavy atom. The molecule has 2 fully saturated rings. The number of hydrogen-bond acceptors (Lipinski definition) is 4. The number of fused-ring (bicyclic) bond motifs is 2. The molecular formula is C14H23N3O. The molecule has 3 rings (SSSR count). The Morgan fingerprint density at radius 1 is 1.33 bits per heavy atom. The molecule has 0 spiro atoms. The average molecular weight is 249 g/mol. The van der Waals surface area contributed by atoms with Crippen LogP contribution in [0.3, 0.4) is 0 Å². The predicted octanol–water partition coefficient (Wildman–Crippen LogP) is 0.861. The summed E-state index contributed by atoms with van der Waals surface area (Å²) in [5.41, 5.74) is 0. The third-order valence-electron chi connectivity index (χ3n) is 4.32. The van der Waals surface area contributed by atoms with Crippen LogP contribution in [0.1, 0.15) is 5.76 Å². The standard InChI is InChI=1S/C14H23N3O/c1-16(2)14-11-6-15-7-12(14)9-17(8-11)10-13-4-3-5-18-13/h3-5,11-12,14-15H,6-10H2,1-2H3. The maximum atomic E-state index is 5.46. The fraction of sp³-hybridized carbons (Fsp3) is 0.714. The zero-order valence-electron chi connectivity index (χ0n) is 11.3. The molecule has 0 amide bonds. The summed E-state index contributed by atoms with van der Waals surface area (Å²) in [7, 11) is 4.44. The monoisotopic (exact) mass is 249 g/mol. The van der Waals surface area contributed by atoms with Gasteiger partial charge in [0.05, 0.1) is 12.8 Å². The van der Waals surface area contributed by atoms with Crippen LogP contribution in [-0.2, 0) is 6.54 Å². The van der Waals surface area contributed by atoms with Gasteiger partial charge in [0.25, 0.3) is 0 Å². The van der Waals surface area contributed by atoms with Gasteiger partial charge in [-0.1, -0.05) is 0 Å². The molecule has 1 N–H and O–H groups in total. The van der Waals surface area contributed by atoms with Crippen molar-refractivity contribution in [3.05, 3.63) is 24.2 Å². The fourth-order valence-corrected chi connectivity index (χ4v) is 3.76. The summed E-state index contributed by atoms with van der Waals surface area (Å²) in [6.45, 7) is 5.60. The Labute approximate surface area is 109 Å². The number of furan rings is 1. The first-order valence-corrected chi connectivity index (χ1v) is 6.86. The summed E-state index contributed by atoms with van der Waals surface area (Å²) in [4.78, 5) is 4.97. The number of nitrogens with one attached hydrogen (secondary N) is 1. The third-order valence-corrected chi connectivity index (χ3v) is 4.32. The van der Waals surface area contributed by atoms with Crippen LogP contribution < -0.4 is 5.32 Å². The highest BCUT2D eigenvalue weighted by Crippen LogP contribution is 2.29. The number of piperidine rings is 2. The van der Waals surface area contributed by atoms with Crippen molar-refractivity contribution in [3.63, 3.8) is 0 Å². The molecule has 2 bridgehead atoms. The number of nitrogens with zero attached hydrogens (tertiary/aromatic N) is 2. The quantitative estimate of drug-likeness (QED) is 0.861. The van der Waals surface area contributed by atoms with Crippen LogP contribution in [-0.4, -0.2) is 56.1 Å².